The molecule has 2 rings (SSSR count). The zero-order chi connectivity index (χ0) is 17.4. The lowest BCUT2D eigenvalue weighted by atomic mass is 10.0. The first kappa shape index (κ1) is 18.7. The van der Waals surface area contributed by atoms with Gasteiger partial charge in [0, 0.05) is 46.0 Å². The van der Waals surface area contributed by atoms with E-state index in [1.54, 1.807) is 0 Å². The highest BCUT2D eigenvalue weighted by Crippen LogP contribution is 2.23. The average molecular weight is 335 g/mol. The van der Waals surface area contributed by atoms with Crippen molar-refractivity contribution in [2.45, 2.75) is 13.0 Å². The predicted molar refractivity (Wildman–Crippen MR) is 95.4 cm³/mol. The van der Waals surface area contributed by atoms with Crippen molar-refractivity contribution in [3.8, 4) is 0 Å². The number of hydrogen-bond donors (Lipinski definition) is 1. The van der Waals surface area contributed by atoms with Crippen molar-refractivity contribution in [3.63, 3.8) is 0 Å². The molecule has 1 unspecified atom stereocenters. The van der Waals surface area contributed by atoms with Gasteiger partial charge in [-0.15, -0.1) is 0 Å². The molecule has 0 bridgehead atoms. The van der Waals surface area contributed by atoms with Gasteiger partial charge in [0.1, 0.15) is 6.61 Å². The second kappa shape index (κ2) is 9.61. The van der Waals surface area contributed by atoms with Crippen LogP contribution in [0, 0.1) is 0 Å². The Labute approximate surface area is 144 Å². The molecule has 1 atom stereocenters. The van der Waals surface area contributed by atoms with Crippen LogP contribution in [0.3, 0.4) is 0 Å². The van der Waals surface area contributed by atoms with Crippen molar-refractivity contribution >= 4 is 11.6 Å². The van der Waals surface area contributed by atoms with Crippen molar-refractivity contribution in [3.05, 3.63) is 29.8 Å². The first-order valence-corrected chi connectivity index (χ1v) is 8.55. The number of carbonyl (C=O) groups is 1. The van der Waals surface area contributed by atoms with Crippen molar-refractivity contribution < 1.29 is 14.3 Å². The van der Waals surface area contributed by atoms with Gasteiger partial charge in [-0.05, 0) is 24.6 Å². The van der Waals surface area contributed by atoms with Crippen LogP contribution < -0.4 is 10.2 Å². The number of anilines is 1. The van der Waals surface area contributed by atoms with Crippen LogP contribution >= 0.6 is 0 Å². The molecule has 1 aliphatic heterocycles. The molecule has 1 saturated heterocycles. The zero-order valence-corrected chi connectivity index (χ0v) is 15.0. The van der Waals surface area contributed by atoms with Crippen molar-refractivity contribution in [2.75, 3.05) is 65.1 Å². The Morgan fingerprint density at radius 1 is 1.29 bits per heavy atom. The maximum absolute atomic E-state index is 11.9. The molecule has 24 heavy (non-hydrogen) atoms. The Kier molecular flexibility index (Phi) is 7.49. The second-order valence-corrected chi connectivity index (χ2v) is 6.09. The van der Waals surface area contributed by atoms with Crippen molar-refractivity contribution in [2.24, 2.45) is 0 Å². The molecule has 0 aliphatic carbocycles. The van der Waals surface area contributed by atoms with Crippen LogP contribution in [0.15, 0.2) is 24.3 Å². The summed E-state index contributed by atoms with van der Waals surface area (Å²) in [7, 11) is 4.06. The molecule has 134 valence electrons. The van der Waals surface area contributed by atoms with Gasteiger partial charge in [0.15, 0.2) is 0 Å². The number of rotatable bonds is 8. The Hall–Kier alpha value is -1.63. The Bertz CT molecular complexity index is 499. The largest absolute Gasteiger partial charge is 0.379 e. The molecule has 0 spiro atoms. The summed E-state index contributed by atoms with van der Waals surface area (Å²) in [5.74, 6) is -0.0694. The summed E-state index contributed by atoms with van der Waals surface area (Å²) in [5, 5.41) is 2.99. The molecule has 1 heterocycles. The molecule has 1 aliphatic rings. The fourth-order valence-electron chi connectivity index (χ4n) is 2.80. The summed E-state index contributed by atoms with van der Waals surface area (Å²) in [6, 6.07) is 8.67. The molecular formula is C18H29N3O3. The van der Waals surface area contributed by atoms with Gasteiger partial charge in [0.25, 0.3) is 0 Å². The van der Waals surface area contributed by atoms with Crippen LogP contribution in [0.2, 0.25) is 0 Å². The van der Waals surface area contributed by atoms with Crippen LogP contribution in [-0.4, -0.2) is 71.0 Å². The quantitative estimate of drug-likeness (QED) is 0.776. The van der Waals surface area contributed by atoms with Gasteiger partial charge in [-0.3, -0.25) is 9.69 Å². The van der Waals surface area contributed by atoms with Gasteiger partial charge in [0.2, 0.25) is 5.91 Å². The standard InChI is InChI=1S/C18H29N3O3/c1-4-23-14-18(22)19-13-17(21-9-11-24-12-10-21)15-5-7-16(8-6-15)20(2)3/h5-8,17H,4,9-14H2,1-3H3,(H,19,22). The first-order chi connectivity index (χ1) is 11.6. The van der Waals surface area contributed by atoms with Crippen molar-refractivity contribution in [1.29, 1.82) is 0 Å². The number of benzene rings is 1. The van der Waals surface area contributed by atoms with E-state index < -0.39 is 0 Å². The van der Waals surface area contributed by atoms with Crippen molar-refractivity contribution in [1.82, 2.24) is 10.2 Å². The Balaban J connectivity index is 2.05. The lowest BCUT2D eigenvalue weighted by Gasteiger charge is -2.35. The molecular weight excluding hydrogens is 306 g/mol. The van der Waals surface area contributed by atoms with E-state index in [2.05, 4.69) is 39.4 Å². The van der Waals surface area contributed by atoms with Gasteiger partial charge < -0.3 is 19.7 Å². The summed E-state index contributed by atoms with van der Waals surface area (Å²) in [6.07, 6.45) is 0. The van der Waals surface area contributed by atoms with Gasteiger partial charge in [-0.2, -0.15) is 0 Å². The zero-order valence-electron chi connectivity index (χ0n) is 15.0. The normalized spacial score (nSPS) is 16.6. The summed E-state index contributed by atoms with van der Waals surface area (Å²) >= 11 is 0. The van der Waals surface area contributed by atoms with Crippen LogP contribution in [0.25, 0.3) is 0 Å². The number of ether oxygens (including phenoxy) is 2. The lowest BCUT2D eigenvalue weighted by molar-refractivity contribution is -0.125. The molecule has 1 aromatic rings. The minimum Gasteiger partial charge on any atom is -0.379 e. The molecule has 1 aromatic carbocycles. The number of carbonyl (C=O) groups excluding carboxylic acids is 1. The maximum atomic E-state index is 11.9. The molecule has 6 heteroatoms. The monoisotopic (exact) mass is 335 g/mol. The summed E-state index contributed by atoms with van der Waals surface area (Å²) in [4.78, 5) is 16.3. The molecule has 0 saturated carbocycles. The summed E-state index contributed by atoms with van der Waals surface area (Å²) in [6.45, 7) is 6.35. The molecule has 0 aromatic heterocycles. The van der Waals surface area contributed by atoms with Crippen LogP contribution in [0.5, 0.6) is 0 Å². The van der Waals surface area contributed by atoms with Crippen LogP contribution in [-0.2, 0) is 14.3 Å². The van der Waals surface area contributed by atoms with Crippen LogP contribution in [0.1, 0.15) is 18.5 Å². The van der Waals surface area contributed by atoms with E-state index in [1.807, 2.05) is 21.0 Å². The van der Waals surface area contributed by atoms with Gasteiger partial charge in [0.05, 0.1) is 19.3 Å². The fraction of sp³-hybridized carbons (Fsp3) is 0.611. The minimum atomic E-state index is -0.0694. The minimum absolute atomic E-state index is 0.0694. The predicted octanol–water partition coefficient (Wildman–Crippen LogP) is 1.28. The van der Waals surface area contributed by atoms with Gasteiger partial charge in [-0.1, -0.05) is 12.1 Å². The van der Waals surface area contributed by atoms with E-state index in [1.165, 1.54) is 11.3 Å². The Morgan fingerprint density at radius 2 is 1.96 bits per heavy atom. The SMILES string of the molecule is CCOCC(=O)NCC(c1ccc(N(C)C)cc1)N1CCOCC1. The Morgan fingerprint density at radius 3 is 2.54 bits per heavy atom. The average Bonchev–Trinajstić information content (AvgIpc) is 2.61. The molecule has 1 fully saturated rings. The molecule has 1 amide bonds. The summed E-state index contributed by atoms with van der Waals surface area (Å²) < 4.78 is 10.6. The van der Waals surface area contributed by atoms with E-state index in [0.29, 0.717) is 13.2 Å². The highest BCUT2D eigenvalue weighted by Gasteiger charge is 2.23. The molecule has 6 nitrogen and oxygen atoms in total. The van der Waals surface area contributed by atoms with Gasteiger partial charge in [-0.25, -0.2) is 0 Å². The lowest BCUT2D eigenvalue weighted by Crippen LogP contribution is -2.44. The smallest absolute Gasteiger partial charge is 0.246 e. The topological polar surface area (TPSA) is 54.0 Å². The highest BCUT2D eigenvalue weighted by molar-refractivity contribution is 5.77. The second-order valence-electron chi connectivity index (χ2n) is 6.09. The first-order valence-electron chi connectivity index (χ1n) is 8.55. The number of amides is 1. The highest BCUT2D eigenvalue weighted by atomic mass is 16.5. The van der Waals surface area contributed by atoms with E-state index in [-0.39, 0.29) is 18.6 Å². The van der Waals surface area contributed by atoms with Gasteiger partial charge >= 0.3 is 0 Å². The van der Waals surface area contributed by atoms with E-state index in [4.69, 9.17) is 9.47 Å². The number of morpholine rings is 1. The fourth-order valence-corrected chi connectivity index (χ4v) is 2.80. The molecule has 1 N–H and O–H groups in total. The van der Waals surface area contributed by atoms with E-state index >= 15 is 0 Å². The number of nitrogens with zero attached hydrogens (tertiary/aromatic N) is 2. The van der Waals surface area contributed by atoms with Crippen LogP contribution in [0.4, 0.5) is 5.69 Å². The summed E-state index contributed by atoms with van der Waals surface area (Å²) in [5.41, 5.74) is 2.37. The maximum Gasteiger partial charge on any atom is 0.246 e. The molecule has 0 radical (unpaired) electrons. The number of nitrogens with one attached hydrogen (secondary N) is 1. The third kappa shape index (κ3) is 5.47. The van der Waals surface area contributed by atoms with E-state index in [9.17, 15) is 4.79 Å². The third-order valence-corrected chi connectivity index (χ3v) is 4.21. The van der Waals surface area contributed by atoms with E-state index in [0.717, 1.165) is 26.3 Å². The number of hydrogen-bond acceptors (Lipinski definition) is 5. The third-order valence-electron chi connectivity index (χ3n) is 4.21.